The third-order valence-electron chi connectivity index (χ3n) is 3.26. The van der Waals surface area contributed by atoms with Gasteiger partial charge in [-0.1, -0.05) is 35.9 Å². The summed E-state index contributed by atoms with van der Waals surface area (Å²) in [6.45, 7) is 3.94. The number of benzene rings is 2. The van der Waals surface area contributed by atoms with Crippen LogP contribution in [0.3, 0.4) is 0 Å². The molecule has 0 amide bonds. The zero-order valence-corrected chi connectivity index (χ0v) is 12.2. The van der Waals surface area contributed by atoms with E-state index in [0.29, 0.717) is 17.7 Å². The Morgan fingerprint density at radius 3 is 2.48 bits per heavy atom. The summed E-state index contributed by atoms with van der Waals surface area (Å²) in [5.74, 6) is 0.600. The Kier molecular flexibility index (Phi) is 4.73. The molecule has 0 N–H and O–H groups in total. The Bertz CT molecular complexity index is 681. The topological polar surface area (TPSA) is 50.1 Å². The number of ketones is 1. The highest BCUT2D eigenvalue weighted by Crippen LogP contribution is 2.15. The summed E-state index contributed by atoms with van der Waals surface area (Å²) in [7, 11) is 0. The fourth-order valence-corrected chi connectivity index (χ4v) is 2.15. The number of hydrogen-bond donors (Lipinski definition) is 0. The number of nitriles is 1. The Labute approximate surface area is 124 Å². The number of hydrogen-bond acceptors (Lipinski definition) is 3. The van der Waals surface area contributed by atoms with Gasteiger partial charge in [0.1, 0.15) is 5.75 Å². The minimum atomic E-state index is -0.0337. The van der Waals surface area contributed by atoms with Crippen LogP contribution in [-0.4, -0.2) is 12.4 Å². The third kappa shape index (κ3) is 3.93. The lowest BCUT2D eigenvalue weighted by atomic mass is 10.0. The summed E-state index contributed by atoms with van der Waals surface area (Å²) >= 11 is 0. The van der Waals surface area contributed by atoms with Gasteiger partial charge in [-0.2, -0.15) is 5.26 Å². The average Bonchev–Trinajstić information content (AvgIpc) is 2.46. The number of rotatable bonds is 5. The Morgan fingerprint density at radius 2 is 1.86 bits per heavy atom. The van der Waals surface area contributed by atoms with Crippen molar-refractivity contribution in [1.29, 1.82) is 5.26 Å². The van der Waals surface area contributed by atoms with Crippen molar-refractivity contribution in [3.05, 3.63) is 64.7 Å². The summed E-state index contributed by atoms with van der Waals surface area (Å²) in [6.07, 6.45) is 0.377. The highest BCUT2D eigenvalue weighted by molar-refractivity contribution is 5.98. The highest BCUT2D eigenvalue weighted by Gasteiger charge is 2.10. The van der Waals surface area contributed by atoms with E-state index in [-0.39, 0.29) is 12.4 Å². The Hall–Kier alpha value is -2.60. The first-order chi connectivity index (χ1) is 10.1. The molecule has 106 valence electrons. The van der Waals surface area contributed by atoms with Crippen LogP contribution in [0.15, 0.2) is 42.5 Å². The average molecular weight is 279 g/mol. The molecule has 0 aliphatic rings. The molecular weight excluding hydrogens is 262 g/mol. The van der Waals surface area contributed by atoms with Crippen LogP contribution in [0, 0.1) is 25.2 Å². The molecule has 0 bridgehead atoms. The summed E-state index contributed by atoms with van der Waals surface area (Å²) in [6, 6.07) is 15.1. The lowest BCUT2D eigenvalue weighted by Gasteiger charge is -2.08. The van der Waals surface area contributed by atoms with E-state index in [4.69, 9.17) is 10.00 Å². The van der Waals surface area contributed by atoms with Crippen LogP contribution in [0.1, 0.15) is 27.0 Å². The van der Waals surface area contributed by atoms with Crippen LogP contribution in [0.2, 0.25) is 0 Å². The van der Waals surface area contributed by atoms with E-state index >= 15 is 0 Å². The van der Waals surface area contributed by atoms with E-state index < -0.39 is 0 Å². The smallest absolute Gasteiger partial charge is 0.200 e. The molecule has 0 aliphatic carbocycles. The van der Waals surface area contributed by atoms with Gasteiger partial charge in [0, 0.05) is 5.56 Å². The van der Waals surface area contributed by atoms with Crippen LogP contribution in [-0.2, 0) is 6.42 Å². The monoisotopic (exact) mass is 279 g/mol. The van der Waals surface area contributed by atoms with Gasteiger partial charge >= 0.3 is 0 Å². The summed E-state index contributed by atoms with van der Waals surface area (Å²) in [5.41, 5.74) is 3.73. The van der Waals surface area contributed by atoms with Gasteiger partial charge in [-0.3, -0.25) is 4.79 Å². The zero-order valence-electron chi connectivity index (χ0n) is 12.2. The molecule has 0 saturated carbocycles. The molecule has 0 atom stereocenters. The second kappa shape index (κ2) is 6.71. The van der Waals surface area contributed by atoms with Crippen molar-refractivity contribution in [3.63, 3.8) is 0 Å². The SMILES string of the molecule is Cc1ccc(C(=O)COc2ccc(CC#N)cc2)c(C)c1. The summed E-state index contributed by atoms with van der Waals surface area (Å²) in [5, 5.41) is 8.61. The van der Waals surface area contributed by atoms with E-state index in [1.54, 1.807) is 12.1 Å². The van der Waals surface area contributed by atoms with Gasteiger partial charge in [-0.15, -0.1) is 0 Å². The Morgan fingerprint density at radius 1 is 1.14 bits per heavy atom. The first-order valence-electron chi connectivity index (χ1n) is 6.79. The number of Topliss-reactive ketones (excluding diaryl/α,β-unsaturated/α-hetero) is 1. The van der Waals surface area contributed by atoms with Crippen LogP contribution < -0.4 is 4.74 Å². The maximum absolute atomic E-state index is 12.2. The van der Waals surface area contributed by atoms with Crippen molar-refractivity contribution in [2.24, 2.45) is 0 Å². The van der Waals surface area contributed by atoms with Crippen molar-refractivity contribution in [2.75, 3.05) is 6.61 Å². The molecule has 0 spiro atoms. The molecule has 3 heteroatoms. The van der Waals surface area contributed by atoms with E-state index in [0.717, 1.165) is 16.7 Å². The highest BCUT2D eigenvalue weighted by atomic mass is 16.5. The van der Waals surface area contributed by atoms with Gasteiger partial charge in [0.2, 0.25) is 0 Å². The third-order valence-corrected chi connectivity index (χ3v) is 3.26. The number of carbonyl (C=O) groups is 1. The maximum Gasteiger partial charge on any atom is 0.200 e. The molecule has 0 aromatic heterocycles. The first kappa shape index (κ1) is 14.8. The van der Waals surface area contributed by atoms with E-state index in [9.17, 15) is 4.79 Å². The van der Waals surface area contributed by atoms with E-state index in [2.05, 4.69) is 6.07 Å². The Balaban J connectivity index is 1.99. The van der Waals surface area contributed by atoms with Crippen molar-refractivity contribution >= 4 is 5.78 Å². The predicted octanol–water partition coefficient (Wildman–Crippen LogP) is 3.63. The van der Waals surface area contributed by atoms with E-state index in [1.807, 2.05) is 44.2 Å². The lowest BCUT2D eigenvalue weighted by Crippen LogP contribution is -2.13. The van der Waals surface area contributed by atoms with Gasteiger partial charge in [0.15, 0.2) is 12.4 Å². The minimum Gasteiger partial charge on any atom is -0.485 e. The van der Waals surface area contributed by atoms with Gasteiger partial charge in [0.25, 0.3) is 0 Å². The second-order valence-corrected chi connectivity index (χ2v) is 5.01. The van der Waals surface area contributed by atoms with Crippen molar-refractivity contribution < 1.29 is 9.53 Å². The molecule has 0 heterocycles. The van der Waals surface area contributed by atoms with Crippen molar-refractivity contribution in [3.8, 4) is 11.8 Å². The van der Waals surface area contributed by atoms with Gasteiger partial charge in [0.05, 0.1) is 12.5 Å². The number of ether oxygens (including phenoxy) is 1. The normalized spacial score (nSPS) is 9.95. The summed E-state index contributed by atoms with van der Waals surface area (Å²) in [4.78, 5) is 12.2. The molecule has 3 nitrogen and oxygen atoms in total. The molecule has 2 rings (SSSR count). The zero-order chi connectivity index (χ0) is 15.2. The lowest BCUT2D eigenvalue weighted by molar-refractivity contribution is 0.0921. The number of nitrogens with zero attached hydrogens (tertiary/aromatic N) is 1. The molecule has 0 saturated heterocycles. The van der Waals surface area contributed by atoms with Crippen molar-refractivity contribution in [1.82, 2.24) is 0 Å². The number of carbonyl (C=O) groups excluding carboxylic acids is 1. The summed E-state index contributed by atoms with van der Waals surface area (Å²) < 4.78 is 5.51. The largest absolute Gasteiger partial charge is 0.485 e. The molecule has 0 fully saturated rings. The molecule has 21 heavy (non-hydrogen) atoms. The van der Waals surface area contributed by atoms with Crippen LogP contribution in [0.5, 0.6) is 5.75 Å². The van der Waals surface area contributed by atoms with E-state index in [1.165, 1.54) is 0 Å². The molecular formula is C18H17NO2. The van der Waals surface area contributed by atoms with Gasteiger partial charge < -0.3 is 4.74 Å². The number of aryl methyl sites for hydroxylation is 2. The molecule has 0 aliphatic heterocycles. The predicted molar refractivity (Wildman–Crippen MR) is 81.5 cm³/mol. The van der Waals surface area contributed by atoms with Gasteiger partial charge in [-0.05, 0) is 37.1 Å². The second-order valence-electron chi connectivity index (χ2n) is 5.01. The van der Waals surface area contributed by atoms with Crippen molar-refractivity contribution in [2.45, 2.75) is 20.3 Å². The minimum absolute atomic E-state index is 0.0154. The fourth-order valence-electron chi connectivity index (χ4n) is 2.15. The maximum atomic E-state index is 12.2. The molecule has 2 aromatic rings. The van der Waals surface area contributed by atoms with Crippen LogP contribution in [0.25, 0.3) is 0 Å². The molecule has 0 radical (unpaired) electrons. The quantitative estimate of drug-likeness (QED) is 0.785. The molecule has 0 unspecified atom stereocenters. The first-order valence-corrected chi connectivity index (χ1v) is 6.79. The standard InChI is InChI=1S/C18H17NO2/c1-13-3-8-17(14(2)11-13)18(20)12-21-16-6-4-15(5-7-16)9-10-19/h3-8,11H,9,12H2,1-2H3. The molecule has 2 aromatic carbocycles. The fraction of sp³-hybridized carbons (Fsp3) is 0.222. The van der Waals surface area contributed by atoms with Gasteiger partial charge in [-0.25, -0.2) is 0 Å². The van der Waals surface area contributed by atoms with Crippen LogP contribution in [0.4, 0.5) is 0 Å². The van der Waals surface area contributed by atoms with Crippen LogP contribution >= 0.6 is 0 Å².